The van der Waals surface area contributed by atoms with E-state index >= 15 is 0 Å². The Morgan fingerprint density at radius 1 is 1.14 bits per heavy atom. The topological polar surface area (TPSA) is 120 Å². The number of hydrogen-bond acceptors (Lipinski definition) is 10. The first-order valence-electron chi connectivity index (χ1n) is 11.8. The minimum atomic E-state index is -0.893. The summed E-state index contributed by atoms with van der Waals surface area (Å²) in [6.45, 7) is 4.69. The summed E-state index contributed by atoms with van der Waals surface area (Å²) in [6, 6.07) is 14.9. The van der Waals surface area contributed by atoms with E-state index in [0.717, 1.165) is 26.0 Å². The van der Waals surface area contributed by atoms with Gasteiger partial charge in [0.15, 0.2) is 16.7 Å². The summed E-state index contributed by atoms with van der Waals surface area (Å²) < 4.78 is 18.5. The summed E-state index contributed by atoms with van der Waals surface area (Å²) in [6.07, 6.45) is -1.13. The Hall–Kier alpha value is -2.83. The van der Waals surface area contributed by atoms with Crippen molar-refractivity contribution < 1.29 is 28.9 Å². The number of esters is 1. The molecule has 0 aliphatic carbocycles. The van der Waals surface area contributed by atoms with Gasteiger partial charge in [-0.2, -0.15) is 0 Å². The van der Waals surface area contributed by atoms with Crippen LogP contribution in [0.25, 0.3) is 0 Å². The van der Waals surface area contributed by atoms with Crippen molar-refractivity contribution in [3.8, 4) is 0 Å². The van der Waals surface area contributed by atoms with Crippen LogP contribution in [0.2, 0.25) is 0 Å². The highest BCUT2D eigenvalue weighted by molar-refractivity contribution is 8.01. The molecule has 4 rings (SSSR count). The van der Waals surface area contributed by atoms with Crippen LogP contribution in [0, 0.1) is 6.92 Å². The number of rotatable bonds is 9. The van der Waals surface area contributed by atoms with Crippen molar-refractivity contribution in [3.63, 3.8) is 0 Å². The first-order chi connectivity index (χ1) is 17.8. The molecule has 0 unspecified atom stereocenters. The second-order valence-corrected chi connectivity index (χ2v) is 11.1. The number of ether oxygens (including phenoxy) is 3. The van der Waals surface area contributed by atoms with Crippen molar-refractivity contribution >= 4 is 40.7 Å². The third-order valence-electron chi connectivity index (χ3n) is 5.68. The van der Waals surface area contributed by atoms with E-state index in [1.54, 1.807) is 35.2 Å². The van der Waals surface area contributed by atoms with Gasteiger partial charge in [0.25, 0.3) is 5.91 Å². The average molecular weight is 544 g/mol. The summed E-state index contributed by atoms with van der Waals surface area (Å²) in [7, 11) is 0. The van der Waals surface area contributed by atoms with E-state index in [9.17, 15) is 14.7 Å². The van der Waals surface area contributed by atoms with E-state index in [2.05, 4.69) is 15.5 Å². The van der Waals surface area contributed by atoms with E-state index < -0.39 is 24.3 Å². The van der Waals surface area contributed by atoms with Crippen LogP contribution in [0.5, 0.6) is 0 Å². The zero-order valence-electron chi connectivity index (χ0n) is 20.7. The van der Waals surface area contributed by atoms with Crippen LogP contribution in [0.3, 0.4) is 0 Å². The average Bonchev–Trinajstić information content (AvgIpc) is 3.32. The Morgan fingerprint density at radius 2 is 1.84 bits per heavy atom. The lowest BCUT2D eigenvalue weighted by atomic mass is 10.0. The van der Waals surface area contributed by atoms with Crippen LogP contribution in [-0.2, 0) is 30.4 Å². The van der Waals surface area contributed by atoms with Crippen LogP contribution in [0.15, 0.2) is 52.9 Å². The van der Waals surface area contributed by atoms with Gasteiger partial charge in [-0.3, -0.25) is 9.59 Å². The number of aliphatic hydroxyl groups is 1. The molecule has 0 saturated carbocycles. The third-order valence-corrected chi connectivity index (χ3v) is 7.78. The number of benzene rings is 2. The maximum Gasteiger partial charge on any atom is 0.303 e. The number of carbonyl (C=O) groups excluding carboxylic acids is 2. The third kappa shape index (κ3) is 7.59. The lowest BCUT2D eigenvalue weighted by Gasteiger charge is -2.36. The number of anilines is 1. The summed E-state index contributed by atoms with van der Waals surface area (Å²) in [5.41, 5.74) is 3.23. The molecule has 1 fully saturated rings. The number of nitrogens with zero attached hydrogens (tertiary/aromatic N) is 2. The van der Waals surface area contributed by atoms with Crippen LogP contribution >= 0.6 is 23.1 Å². The lowest BCUT2D eigenvalue weighted by molar-refractivity contribution is -0.245. The molecule has 1 aliphatic heterocycles. The summed E-state index contributed by atoms with van der Waals surface area (Å²) in [5, 5.41) is 21.3. The maximum absolute atomic E-state index is 12.2. The van der Waals surface area contributed by atoms with Crippen molar-refractivity contribution in [3.05, 3.63) is 70.2 Å². The molecule has 1 aromatic heterocycles. The Labute approximate surface area is 223 Å². The predicted octanol–water partition coefficient (Wildman–Crippen LogP) is 4.57. The molecule has 0 radical (unpaired) electrons. The number of thioether (sulfide) groups is 1. The molecule has 1 saturated heterocycles. The molecule has 2 aromatic carbocycles. The zero-order chi connectivity index (χ0) is 26.4. The first kappa shape index (κ1) is 27.2. The van der Waals surface area contributed by atoms with Gasteiger partial charge in [-0.05, 0) is 37.1 Å². The van der Waals surface area contributed by atoms with Gasteiger partial charge in [0.2, 0.25) is 0 Å². The van der Waals surface area contributed by atoms with E-state index in [-0.39, 0.29) is 18.8 Å². The SMILES string of the molecule is CC(=O)O[C@@H](C)C(=O)Nc1ccc([C@@H]2O[C@H](CSc3nnc(C)s3)C[C@H](c3ccc(CO)cc3)O2)cc1. The smallest absolute Gasteiger partial charge is 0.303 e. The van der Waals surface area contributed by atoms with E-state index in [1.165, 1.54) is 13.8 Å². The Balaban J connectivity index is 1.47. The summed E-state index contributed by atoms with van der Waals surface area (Å²) >= 11 is 3.17. The second kappa shape index (κ2) is 12.6. The normalized spacial score (nSPS) is 20.3. The van der Waals surface area contributed by atoms with Crippen molar-refractivity contribution in [1.82, 2.24) is 10.2 Å². The highest BCUT2D eigenvalue weighted by Crippen LogP contribution is 2.39. The molecule has 3 aromatic rings. The van der Waals surface area contributed by atoms with E-state index in [0.29, 0.717) is 17.9 Å². The highest BCUT2D eigenvalue weighted by Gasteiger charge is 2.32. The van der Waals surface area contributed by atoms with Gasteiger partial charge in [0.1, 0.15) is 5.01 Å². The van der Waals surface area contributed by atoms with Crippen LogP contribution in [-0.4, -0.2) is 45.1 Å². The number of aliphatic hydroxyl groups excluding tert-OH is 1. The van der Waals surface area contributed by atoms with Crippen molar-refractivity contribution in [2.24, 2.45) is 0 Å². The Kier molecular flexibility index (Phi) is 9.28. The van der Waals surface area contributed by atoms with Gasteiger partial charge in [-0.1, -0.05) is 59.5 Å². The fraction of sp³-hybridized carbons (Fsp3) is 0.385. The van der Waals surface area contributed by atoms with Gasteiger partial charge >= 0.3 is 5.97 Å². The summed E-state index contributed by atoms with van der Waals surface area (Å²) in [5.74, 6) is -0.232. The molecular weight excluding hydrogens is 514 g/mol. The molecule has 4 atom stereocenters. The number of aromatic nitrogens is 2. The highest BCUT2D eigenvalue weighted by atomic mass is 32.2. The quantitative estimate of drug-likeness (QED) is 0.295. The molecule has 2 heterocycles. The number of hydrogen-bond donors (Lipinski definition) is 2. The van der Waals surface area contributed by atoms with Crippen molar-refractivity contribution in [2.75, 3.05) is 11.1 Å². The monoisotopic (exact) mass is 543 g/mol. The first-order valence-corrected chi connectivity index (χ1v) is 13.6. The number of aryl methyl sites for hydroxylation is 1. The fourth-order valence-corrected chi connectivity index (χ4v) is 5.65. The molecule has 196 valence electrons. The second-order valence-electron chi connectivity index (χ2n) is 8.61. The zero-order valence-corrected chi connectivity index (χ0v) is 22.4. The number of amides is 1. The molecule has 1 aliphatic rings. The standard InChI is InChI=1S/C26H29N3O6S2/c1-15(33-17(3)31)24(32)27-21-10-8-20(9-11-21)25-34-22(14-36-26-29-28-16(2)37-26)12-23(35-25)19-6-4-18(13-30)5-7-19/h4-11,15,22-23,25,30H,12-14H2,1-3H3,(H,27,32)/t15-,22-,23+,25+/m0/s1. The maximum atomic E-state index is 12.2. The number of nitrogens with one attached hydrogen (secondary N) is 1. The molecule has 9 nitrogen and oxygen atoms in total. The van der Waals surface area contributed by atoms with Gasteiger partial charge in [0, 0.05) is 30.3 Å². The number of carbonyl (C=O) groups is 2. The molecule has 11 heteroatoms. The predicted molar refractivity (Wildman–Crippen MR) is 140 cm³/mol. The molecule has 0 spiro atoms. The molecule has 37 heavy (non-hydrogen) atoms. The van der Waals surface area contributed by atoms with Crippen molar-refractivity contribution in [1.29, 1.82) is 0 Å². The lowest BCUT2D eigenvalue weighted by Crippen LogP contribution is -2.31. The minimum absolute atomic E-state index is 0.0133. The van der Waals surface area contributed by atoms with Crippen LogP contribution in [0.4, 0.5) is 5.69 Å². The molecule has 0 bridgehead atoms. The molecular formula is C26H29N3O6S2. The Morgan fingerprint density at radius 3 is 2.46 bits per heavy atom. The summed E-state index contributed by atoms with van der Waals surface area (Å²) in [4.78, 5) is 23.3. The van der Waals surface area contributed by atoms with E-state index in [4.69, 9.17) is 14.2 Å². The van der Waals surface area contributed by atoms with Gasteiger partial charge < -0.3 is 24.6 Å². The minimum Gasteiger partial charge on any atom is -0.453 e. The van der Waals surface area contributed by atoms with Gasteiger partial charge in [-0.25, -0.2) is 0 Å². The van der Waals surface area contributed by atoms with Gasteiger partial charge in [-0.15, -0.1) is 10.2 Å². The molecule has 1 amide bonds. The van der Waals surface area contributed by atoms with Gasteiger partial charge in [0.05, 0.1) is 18.8 Å². The van der Waals surface area contributed by atoms with Crippen LogP contribution in [0.1, 0.15) is 54.4 Å². The van der Waals surface area contributed by atoms with Crippen LogP contribution < -0.4 is 5.32 Å². The fourth-order valence-electron chi connectivity index (χ4n) is 3.79. The van der Waals surface area contributed by atoms with Crippen molar-refractivity contribution in [2.45, 2.75) is 62.7 Å². The Bertz CT molecular complexity index is 1200. The molecule has 2 N–H and O–H groups in total. The van der Waals surface area contributed by atoms with E-state index in [1.807, 2.05) is 43.3 Å². The largest absolute Gasteiger partial charge is 0.453 e.